The van der Waals surface area contributed by atoms with E-state index in [2.05, 4.69) is 49.9 Å². The third-order valence-corrected chi connectivity index (χ3v) is 4.90. The summed E-state index contributed by atoms with van der Waals surface area (Å²) >= 11 is 0. The monoisotopic (exact) mass is 332 g/mol. The van der Waals surface area contributed by atoms with Gasteiger partial charge in [-0.1, -0.05) is 51.1 Å². The molecule has 0 aromatic heterocycles. The number of aliphatic hydroxyl groups excluding tert-OH is 1. The molecule has 1 aliphatic rings. The Hall–Kier alpha value is -1.55. The SMILES string of the molecule is CCC(CN1C(=O)N(CCCO)C[C@@H]1CC(C)C)c1ccccc1. The first kappa shape index (κ1) is 18.8. The lowest BCUT2D eigenvalue weighted by molar-refractivity contribution is 0.176. The number of amides is 2. The number of nitrogens with zero attached hydrogens (tertiary/aromatic N) is 2. The van der Waals surface area contributed by atoms with E-state index in [0.717, 1.165) is 25.9 Å². The molecule has 0 spiro atoms. The molecule has 24 heavy (non-hydrogen) atoms. The van der Waals surface area contributed by atoms with Gasteiger partial charge in [-0.25, -0.2) is 4.79 Å². The lowest BCUT2D eigenvalue weighted by Crippen LogP contribution is -2.38. The molecular formula is C20H32N2O2. The number of urea groups is 1. The zero-order chi connectivity index (χ0) is 17.5. The molecule has 1 aromatic rings. The number of aliphatic hydroxyl groups is 1. The van der Waals surface area contributed by atoms with Crippen LogP contribution in [-0.2, 0) is 0 Å². The molecule has 1 saturated heterocycles. The Labute approximate surface area is 146 Å². The summed E-state index contributed by atoms with van der Waals surface area (Å²) in [7, 11) is 0. The van der Waals surface area contributed by atoms with E-state index < -0.39 is 0 Å². The fourth-order valence-electron chi connectivity index (χ4n) is 3.62. The quantitative estimate of drug-likeness (QED) is 0.749. The first-order valence-electron chi connectivity index (χ1n) is 9.28. The number of rotatable bonds is 9. The molecule has 134 valence electrons. The van der Waals surface area contributed by atoms with Gasteiger partial charge in [0.15, 0.2) is 0 Å². The Morgan fingerprint density at radius 3 is 2.54 bits per heavy atom. The standard InChI is InChI=1S/C20H32N2O2/c1-4-17(18-9-6-5-7-10-18)14-22-19(13-16(2)3)15-21(20(22)24)11-8-12-23/h5-7,9-10,16-17,19,23H,4,8,11-15H2,1-3H3/t17?,19-/m0/s1. The van der Waals surface area contributed by atoms with Crippen molar-refractivity contribution in [2.75, 3.05) is 26.2 Å². The summed E-state index contributed by atoms with van der Waals surface area (Å²) in [5, 5.41) is 9.07. The van der Waals surface area contributed by atoms with Crippen LogP contribution in [0, 0.1) is 5.92 Å². The smallest absolute Gasteiger partial charge is 0.320 e. The number of hydrogen-bond acceptors (Lipinski definition) is 2. The van der Waals surface area contributed by atoms with Gasteiger partial charge in [-0.05, 0) is 30.7 Å². The predicted molar refractivity (Wildman–Crippen MR) is 98.1 cm³/mol. The minimum Gasteiger partial charge on any atom is -0.396 e. The van der Waals surface area contributed by atoms with Crippen molar-refractivity contribution in [1.82, 2.24) is 9.80 Å². The molecule has 4 heteroatoms. The van der Waals surface area contributed by atoms with Crippen LogP contribution in [0.3, 0.4) is 0 Å². The zero-order valence-corrected chi connectivity index (χ0v) is 15.3. The van der Waals surface area contributed by atoms with E-state index in [1.807, 2.05) is 11.0 Å². The third kappa shape index (κ3) is 4.73. The van der Waals surface area contributed by atoms with Gasteiger partial charge in [0, 0.05) is 32.2 Å². The Morgan fingerprint density at radius 1 is 1.25 bits per heavy atom. The summed E-state index contributed by atoms with van der Waals surface area (Å²) in [6.07, 6.45) is 2.72. The first-order chi connectivity index (χ1) is 11.6. The van der Waals surface area contributed by atoms with Crippen molar-refractivity contribution in [3.63, 3.8) is 0 Å². The summed E-state index contributed by atoms with van der Waals surface area (Å²) in [5.74, 6) is 0.947. The van der Waals surface area contributed by atoms with Crippen molar-refractivity contribution >= 4 is 6.03 Å². The van der Waals surface area contributed by atoms with Crippen LogP contribution in [0.15, 0.2) is 30.3 Å². The second-order valence-electron chi connectivity index (χ2n) is 7.26. The summed E-state index contributed by atoms with van der Waals surface area (Å²) < 4.78 is 0. The highest BCUT2D eigenvalue weighted by atomic mass is 16.3. The number of hydrogen-bond donors (Lipinski definition) is 1. The minimum absolute atomic E-state index is 0.139. The largest absolute Gasteiger partial charge is 0.396 e. The van der Waals surface area contributed by atoms with E-state index in [4.69, 9.17) is 5.11 Å². The van der Waals surface area contributed by atoms with Gasteiger partial charge in [-0.15, -0.1) is 0 Å². The van der Waals surface area contributed by atoms with Gasteiger partial charge in [0.1, 0.15) is 0 Å². The van der Waals surface area contributed by atoms with E-state index >= 15 is 0 Å². The van der Waals surface area contributed by atoms with E-state index in [0.29, 0.717) is 24.8 Å². The second-order valence-corrected chi connectivity index (χ2v) is 7.26. The Morgan fingerprint density at radius 2 is 1.96 bits per heavy atom. The van der Waals surface area contributed by atoms with Crippen LogP contribution in [0.25, 0.3) is 0 Å². The molecule has 1 aliphatic heterocycles. The van der Waals surface area contributed by atoms with E-state index in [1.54, 1.807) is 0 Å². The van der Waals surface area contributed by atoms with Gasteiger partial charge in [-0.2, -0.15) is 0 Å². The van der Waals surface area contributed by atoms with Gasteiger partial charge in [0.05, 0.1) is 6.04 Å². The molecule has 2 rings (SSSR count). The number of carbonyl (C=O) groups is 1. The fraction of sp³-hybridized carbons (Fsp3) is 0.650. The molecule has 0 aliphatic carbocycles. The van der Waals surface area contributed by atoms with Crippen LogP contribution in [0.1, 0.15) is 51.5 Å². The van der Waals surface area contributed by atoms with Crippen molar-refractivity contribution in [2.24, 2.45) is 5.92 Å². The maximum absolute atomic E-state index is 12.9. The fourth-order valence-corrected chi connectivity index (χ4v) is 3.62. The van der Waals surface area contributed by atoms with Gasteiger partial charge in [-0.3, -0.25) is 0 Å². The van der Waals surface area contributed by atoms with Crippen LogP contribution in [-0.4, -0.2) is 53.2 Å². The topological polar surface area (TPSA) is 43.8 Å². The highest BCUT2D eigenvalue weighted by Gasteiger charge is 2.37. The van der Waals surface area contributed by atoms with Crippen LogP contribution >= 0.6 is 0 Å². The Bertz CT molecular complexity index is 504. The third-order valence-electron chi connectivity index (χ3n) is 4.90. The summed E-state index contributed by atoms with van der Waals surface area (Å²) in [5.41, 5.74) is 1.31. The van der Waals surface area contributed by atoms with Crippen LogP contribution in [0.4, 0.5) is 4.79 Å². The van der Waals surface area contributed by atoms with Gasteiger partial charge in [0.25, 0.3) is 0 Å². The predicted octanol–water partition coefficient (Wildman–Crippen LogP) is 3.71. The van der Waals surface area contributed by atoms with Crippen molar-refractivity contribution in [3.8, 4) is 0 Å². The van der Waals surface area contributed by atoms with Crippen LogP contribution in [0.2, 0.25) is 0 Å². The summed E-state index contributed by atoms with van der Waals surface area (Å²) in [4.78, 5) is 16.9. The van der Waals surface area contributed by atoms with E-state index in [9.17, 15) is 4.79 Å². The first-order valence-corrected chi connectivity index (χ1v) is 9.28. The molecule has 1 unspecified atom stereocenters. The lowest BCUT2D eigenvalue weighted by Gasteiger charge is -2.29. The summed E-state index contributed by atoms with van der Waals surface area (Å²) in [6.45, 7) is 9.00. The van der Waals surface area contributed by atoms with Crippen molar-refractivity contribution in [2.45, 2.75) is 52.0 Å². The molecule has 0 radical (unpaired) electrons. The summed E-state index contributed by atoms with van der Waals surface area (Å²) in [6, 6.07) is 10.9. The van der Waals surface area contributed by atoms with Crippen molar-refractivity contribution in [3.05, 3.63) is 35.9 Å². The van der Waals surface area contributed by atoms with Gasteiger partial charge < -0.3 is 14.9 Å². The lowest BCUT2D eigenvalue weighted by atomic mass is 9.95. The molecule has 2 atom stereocenters. The van der Waals surface area contributed by atoms with Crippen molar-refractivity contribution < 1.29 is 9.90 Å². The molecule has 0 saturated carbocycles. The number of benzene rings is 1. The minimum atomic E-state index is 0.139. The molecule has 0 bridgehead atoms. The molecule has 1 N–H and O–H groups in total. The van der Waals surface area contributed by atoms with E-state index in [-0.39, 0.29) is 18.7 Å². The molecular weight excluding hydrogens is 300 g/mol. The van der Waals surface area contributed by atoms with Crippen molar-refractivity contribution in [1.29, 1.82) is 0 Å². The molecule has 1 heterocycles. The van der Waals surface area contributed by atoms with E-state index in [1.165, 1.54) is 5.56 Å². The molecule has 1 fully saturated rings. The number of carbonyl (C=O) groups excluding carboxylic acids is 1. The average Bonchev–Trinajstić information content (AvgIpc) is 2.86. The zero-order valence-electron chi connectivity index (χ0n) is 15.3. The van der Waals surface area contributed by atoms with Gasteiger partial charge in [0.2, 0.25) is 0 Å². The average molecular weight is 332 g/mol. The Balaban J connectivity index is 2.12. The van der Waals surface area contributed by atoms with Crippen LogP contribution in [0.5, 0.6) is 0 Å². The highest BCUT2D eigenvalue weighted by Crippen LogP contribution is 2.28. The maximum Gasteiger partial charge on any atom is 0.320 e. The maximum atomic E-state index is 12.9. The molecule has 4 nitrogen and oxygen atoms in total. The molecule has 2 amide bonds. The Kier molecular flexibility index (Phi) is 7.10. The second kappa shape index (κ2) is 9.07. The van der Waals surface area contributed by atoms with Crippen LogP contribution < -0.4 is 0 Å². The van der Waals surface area contributed by atoms with Gasteiger partial charge >= 0.3 is 6.03 Å². The highest BCUT2D eigenvalue weighted by molar-refractivity contribution is 5.77. The normalized spacial score (nSPS) is 19.4. The molecule has 1 aromatic carbocycles.